The van der Waals surface area contributed by atoms with Crippen LogP contribution < -0.4 is 11.4 Å². The van der Waals surface area contributed by atoms with E-state index in [1.54, 1.807) is 7.05 Å². The van der Waals surface area contributed by atoms with Gasteiger partial charge in [0.1, 0.15) is 5.82 Å². The number of aromatic amines is 1. The molecule has 1 aromatic heterocycles. The summed E-state index contributed by atoms with van der Waals surface area (Å²) in [7, 11) is 1.63. The van der Waals surface area contributed by atoms with Gasteiger partial charge in [0.05, 0.1) is 0 Å². The highest BCUT2D eigenvalue weighted by Gasteiger charge is 1.89. The van der Waals surface area contributed by atoms with Crippen LogP contribution in [0.2, 0.25) is 0 Å². The molecular weight excluding hydrogens is 106 g/mol. The predicted molar refractivity (Wildman–Crippen MR) is 30.4 cm³/mol. The van der Waals surface area contributed by atoms with Crippen molar-refractivity contribution < 1.29 is 0 Å². The zero-order valence-corrected chi connectivity index (χ0v) is 4.51. The molecule has 0 bridgehead atoms. The van der Waals surface area contributed by atoms with Gasteiger partial charge in [0.25, 0.3) is 0 Å². The fourth-order valence-electron chi connectivity index (χ4n) is 0.511. The molecule has 4 heteroatoms. The van der Waals surface area contributed by atoms with E-state index in [1.165, 1.54) is 10.8 Å². The normalized spacial score (nSPS) is 9.62. The van der Waals surface area contributed by atoms with Crippen molar-refractivity contribution in [3.63, 3.8) is 0 Å². The predicted octanol–water partition coefficient (Wildman–Crippen LogP) is -0.704. The number of hydrogen-bond donors (Lipinski definition) is 2. The number of rotatable bonds is 0. The minimum atomic E-state index is -0.178. The Balaban J connectivity index is 3.35. The molecule has 0 saturated carbocycles. The van der Waals surface area contributed by atoms with Gasteiger partial charge in [-0.2, -0.15) is 0 Å². The third kappa shape index (κ3) is 0.598. The summed E-state index contributed by atoms with van der Waals surface area (Å²) < 4.78 is 1.38. The van der Waals surface area contributed by atoms with Crippen molar-refractivity contribution in [3.05, 3.63) is 16.7 Å². The number of nitrogens with zero attached hydrogens (tertiary/aromatic N) is 1. The Bertz CT molecular complexity index is 234. The molecular formula is C4H7N3O. The summed E-state index contributed by atoms with van der Waals surface area (Å²) in [6, 6.07) is 0. The van der Waals surface area contributed by atoms with E-state index in [0.717, 1.165) is 0 Å². The van der Waals surface area contributed by atoms with Crippen molar-refractivity contribution in [2.24, 2.45) is 7.05 Å². The van der Waals surface area contributed by atoms with E-state index < -0.39 is 0 Å². The monoisotopic (exact) mass is 113 g/mol. The summed E-state index contributed by atoms with van der Waals surface area (Å²) in [5.74, 6) is 0.400. The van der Waals surface area contributed by atoms with Crippen LogP contribution in [0.4, 0.5) is 5.82 Å². The van der Waals surface area contributed by atoms with Crippen LogP contribution in [-0.4, -0.2) is 9.55 Å². The van der Waals surface area contributed by atoms with Crippen LogP contribution in [0.5, 0.6) is 0 Å². The van der Waals surface area contributed by atoms with Crippen molar-refractivity contribution in [3.8, 4) is 0 Å². The van der Waals surface area contributed by atoms with Gasteiger partial charge in [0.15, 0.2) is 0 Å². The fourth-order valence-corrected chi connectivity index (χ4v) is 0.511. The average molecular weight is 113 g/mol. The first kappa shape index (κ1) is 4.96. The third-order valence-electron chi connectivity index (χ3n) is 0.904. The fraction of sp³-hybridized carbons (Fsp3) is 0.250. The smallest absolute Gasteiger partial charge is 0.326 e. The molecule has 3 N–H and O–H groups in total. The Kier molecular flexibility index (Phi) is 0.865. The van der Waals surface area contributed by atoms with Crippen molar-refractivity contribution in [2.45, 2.75) is 0 Å². The standard InChI is InChI=1S/C4H7N3O/c1-7-2-3(5)6-4(7)8/h2H,5H2,1H3,(H,6,8). The molecule has 0 aliphatic rings. The Morgan fingerprint density at radius 1 is 1.88 bits per heavy atom. The number of aromatic nitrogens is 2. The highest BCUT2D eigenvalue weighted by molar-refractivity contribution is 5.22. The van der Waals surface area contributed by atoms with Crippen LogP contribution >= 0.6 is 0 Å². The van der Waals surface area contributed by atoms with E-state index in [1.807, 2.05) is 0 Å². The van der Waals surface area contributed by atoms with E-state index in [0.29, 0.717) is 5.82 Å². The molecule has 0 aromatic carbocycles. The second-order valence-corrected chi connectivity index (χ2v) is 1.63. The summed E-state index contributed by atoms with van der Waals surface area (Å²) in [6.45, 7) is 0. The number of nitrogens with one attached hydrogen (secondary N) is 1. The number of H-pyrrole nitrogens is 1. The molecule has 0 saturated heterocycles. The highest BCUT2D eigenvalue weighted by Crippen LogP contribution is 1.85. The lowest BCUT2D eigenvalue weighted by Gasteiger charge is -1.77. The van der Waals surface area contributed by atoms with Gasteiger partial charge in [-0.1, -0.05) is 0 Å². The van der Waals surface area contributed by atoms with E-state index in [2.05, 4.69) is 4.98 Å². The maximum absolute atomic E-state index is 10.5. The largest absolute Gasteiger partial charge is 0.384 e. The first-order chi connectivity index (χ1) is 3.70. The lowest BCUT2D eigenvalue weighted by molar-refractivity contribution is 0.862. The first-order valence-electron chi connectivity index (χ1n) is 2.21. The van der Waals surface area contributed by atoms with Gasteiger partial charge in [-0.15, -0.1) is 0 Å². The third-order valence-corrected chi connectivity index (χ3v) is 0.904. The van der Waals surface area contributed by atoms with E-state index in [-0.39, 0.29) is 5.69 Å². The molecule has 1 rings (SSSR count). The maximum atomic E-state index is 10.5. The molecule has 0 atom stereocenters. The maximum Gasteiger partial charge on any atom is 0.326 e. The van der Waals surface area contributed by atoms with Crippen molar-refractivity contribution in [2.75, 3.05) is 5.73 Å². The van der Waals surface area contributed by atoms with Crippen LogP contribution in [0.25, 0.3) is 0 Å². The summed E-state index contributed by atoms with van der Waals surface area (Å²) in [6.07, 6.45) is 1.53. The van der Waals surface area contributed by atoms with Gasteiger partial charge in [-0.3, -0.25) is 4.98 Å². The SMILES string of the molecule is Cn1cc(N)[nH]c1=O. The van der Waals surface area contributed by atoms with Crippen LogP contribution in [-0.2, 0) is 7.05 Å². The summed E-state index contributed by atoms with van der Waals surface area (Å²) in [5, 5.41) is 0. The number of nitrogen functional groups attached to an aromatic ring is 1. The minimum Gasteiger partial charge on any atom is -0.384 e. The van der Waals surface area contributed by atoms with Crippen molar-refractivity contribution in [1.29, 1.82) is 0 Å². The number of imidazole rings is 1. The van der Waals surface area contributed by atoms with E-state index in [4.69, 9.17) is 5.73 Å². The number of nitrogens with two attached hydrogens (primary N) is 1. The lowest BCUT2D eigenvalue weighted by atomic mass is 10.8. The van der Waals surface area contributed by atoms with E-state index >= 15 is 0 Å². The van der Waals surface area contributed by atoms with Crippen molar-refractivity contribution >= 4 is 5.82 Å². The zero-order valence-electron chi connectivity index (χ0n) is 4.51. The Hall–Kier alpha value is -1.19. The molecule has 0 aliphatic heterocycles. The molecule has 1 aromatic rings. The first-order valence-corrected chi connectivity index (χ1v) is 2.21. The minimum absolute atomic E-state index is 0.178. The topological polar surface area (TPSA) is 63.8 Å². The molecule has 44 valence electrons. The number of anilines is 1. The number of hydrogen-bond acceptors (Lipinski definition) is 2. The van der Waals surface area contributed by atoms with Gasteiger partial charge in [0, 0.05) is 13.2 Å². The average Bonchev–Trinajstić information content (AvgIpc) is 1.85. The molecule has 0 spiro atoms. The van der Waals surface area contributed by atoms with Gasteiger partial charge < -0.3 is 10.3 Å². The number of aryl methyl sites for hydroxylation is 1. The van der Waals surface area contributed by atoms with Crippen LogP contribution in [0.3, 0.4) is 0 Å². The zero-order chi connectivity index (χ0) is 6.15. The molecule has 4 nitrogen and oxygen atoms in total. The highest BCUT2D eigenvalue weighted by atomic mass is 16.1. The van der Waals surface area contributed by atoms with Gasteiger partial charge in [0.2, 0.25) is 0 Å². The van der Waals surface area contributed by atoms with Crippen LogP contribution in [0.15, 0.2) is 11.0 Å². The second kappa shape index (κ2) is 1.40. The lowest BCUT2D eigenvalue weighted by Crippen LogP contribution is -2.11. The van der Waals surface area contributed by atoms with Crippen LogP contribution in [0, 0.1) is 0 Å². The quantitative estimate of drug-likeness (QED) is 0.467. The summed E-state index contributed by atoms with van der Waals surface area (Å²) >= 11 is 0. The molecule has 0 amide bonds. The van der Waals surface area contributed by atoms with Crippen molar-refractivity contribution in [1.82, 2.24) is 9.55 Å². The summed E-state index contributed by atoms with van der Waals surface area (Å²) in [5.41, 5.74) is 5.02. The molecule has 0 fully saturated rings. The molecule has 0 radical (unpaired) electrons. The molecule has 8 heavy (non-hydrogen) atoms. The molecule has 1 heterocycles. The Labute approximate surface area is 45.9 Å². The molecule has 0 aliphatic carbocycles. The van der Waals surface area contributed by atoms with Gasteiger partial charge >= 0.3 is 5.69 Å². The summed E-state index contributed by atoms with van der Waals surface area (Å²) in [4.78, 5) is 12.9. The van der Waals surface area contributed by atoms with Gasteiger partial charge in [-0.25, -0.2) is 4.79 Å². The van der Waals surface area contributed by atoms with E-state index in [9.17, 15) is 4.79 Å². The Morgan fingerprint density at radius 3 is 2.62 bits per heavy atom. The van der Waals surface area contributed by atoms with Crippen LogP contribution in [0.1, 0.15) is 0 Å². The second-order valence-electron chi connectivity index (χ2n) is 1.63. The van der Waals surface area contributed by atoms with Gasteiger partial charge in [-0.05, 0) is 0 Å². The molecule has 0 unspecified atom stereocenters. The Morgan fingerprint density at radius 2 is 2.50 bits per heavy atom.